The van der Waals surface area contributed by atoms with Crippen LogP contribution in [0.5, 0.6) is 5.75 Å². The second-order valence-electron chi connectivity index (χ2n) is 9.18. The summed E-state index contributed by atoms with van der Waals surface area (Å²) < 4.78 is 6.41. The van der Waals surface area contributed by atoms with Crippen LogP contribution in [0.15, 0.2) is 78.9 Å². The molecule has 0 fully saturated rings. The van der Waals surface area contributed by atoms with Crippen LogP contribution in [0.1, 0.15) is 69.2 Å². The van der Waals surface area contributed by atoms with Gasteiger partial charge in [0.15, 0.2) is 0 Å². The summed E-state index contributed by atoms with van der Waals surface area (Å²) in [5.41, 5.74) is 5.22. The van der Waals surface area contributed by atoms with Gasteiger partial charge in [0, 0.05) is 23.6 Å². The fraction of sp³-hybridized carbons (Fsp3) is 0.400. The first-order valence-electron chi connectivity index (χ1n) is 12.1. The molecule has 0 aliphatic carbocycles. The third-order valence-electron chi connectivity index (χ3n) is 6.30. The lowest BCUT2D eigenvalue weighted by Crippen LogP contribution is -2.38. The third-order valence-corrected chi connectivity index (χ3v) is 6.30. The number of aryl methyl sites for hydroxylation is 1. The average Bonchev–Trinajstić information content (AvgIpc) is 2.81. The van der Waals surface area contributed by atoms with Gasteiger partial charge in [0.25, 0.3) is 0 Å². The van der Waals surface area contributed by atoms with E-state index in [1.807, 2.05) is 6.07 Å². The largest absolute Gasteiger partial charge is 0.489 e. The number of benzene rings is 3. The maximum atomic E-state index is 6.41. The van der Waals surface area contributed by atoms with Crippen molar-refractivity contribution < 1.29 is 4.74 Å². The Morgan fingerprint density at radius 3 is 1.97 bits per heavy atom. The molecule has 2 heteroatoms. The summed E-state index contributed by atoms with van der Waals surface area (Å²) in [7, 11) is 0. The van der Waals surface area contributed by atoms with Crippen molar-refractivity contribution in [3.05, 3.63) is 101 Å². The fourth-order valence-electron chi connectivity index (χ4n) is 4.53. The lowest BCUT2D eigenvalue weighted by molar-refractivity contribution is 0.170. The molecule has 0 N–H and O–H groups in total. The SMILES string of the molecule is CCc1ccc(OCc2ccccc2)c(C(CCN(C(C)C)C(C)C)c2ccccc2)c1. The standard InChI is InChI=1S/C30H39NO/c1-6-25-17-18-30(32-22-26-13-9-7-10-14-26)29(21-25)28(27-15-11-8-12-16-27)19-20-31(23(2)3)24(4)5/h7-18,21,23-24,28H,6,19-20,22H2,1-5H3. The van der Waals surface area contributed by atoms with Crippen molar-refractivity contribution in [3.8, 4) is 5.75 Å². The van der Waals surface area contributed by atoms with Crippen LogP contribution in [0.4, 0.5) is 0 Å². The number of hydrogen-bond donors (Lipinski definition) is 0. The Hall–Kier alpha value is -2.58. The van der Waals surface area contributed by atoms with Gasteiger partial charge in [-0.1, -0.05) is 79.7 Å². The molecule has 0 spiro atoms. The summed E-state index contributed by atoms with van der Waals surface area (Å²) >= 11 is 0. The van der Waals surface area contributed by atoms with Gasteiger partial charge in [-0.05, 0) is 69.8 Å². The van der Waals surface area contributed by atoms with E-state index in [0.717, 1.165) is 25.1 Å². The van der Waals surface area contributed by atoms with Crippen LogP contribution in [-0.2, 0) is 13.0 Å². The molecule has 0 heterocycles. The Morgan fingerprint density at radius 1 is 0.750 bits per heavy atom. The number of ether oxygens (including phenoxy) is 1. The second-order valence-corrected chi connectivity index (χ2v) is 9.18. The maximum absolute atomic E-state index is 6.41. The van der Waals surface area contributed by atoms with Crippen LogP contribution in [0, 0.1) is 0 Å². The van der Waals surface area contributed by atoms with Crippen LogP contribution >= 0.6 is 0 Å². The van der Waals surface area contributed by atoms with E-state index in [1.165, 1.54) is 22.3 Å². The predicted molar refractivity (Wildman–Crippen MR) is 136 cm³/mol. The molecule has 1 atom stereocenters. The first kappa shape index (κ1) is 24.1. The molecular formula is C30H39NO. The highest BCUT2D eigenvalue weighted by atomic mass is 16.5. The van der Waals surface area contributed by atoms with Gasteiger partial charge in [0.2, 0.25) is 0 Å². The van der Waals surface area contributed by atoms with Gasteiger partial charge in [0.05, 0.1) is 0 Å². The first-order chi connectivity index (χ1) is 15.5. The summed E-state index contributed by atoms with van der Waals surface area (Å²) in [5.74, 6) is 1.30. The Bertz CT molecular complexity index is 926. The normalized spacial score (nSPS) is 12.5. The second kappa shape index (κ2) is 11.9. The van der Waals surface area contributed by atoms with Gasteiger partial charge in [0.1, 0.15) is 12.4 Å². The van der Waals surface area contributed by atoms with E-state index >= 15 is 0 Å². The highest BCUT2D eigenvalue weighted by Crippen LogP contribution is 2.36. The van der Waals surface area contributed by atoms with Gasteiger partial charge < -0.3 is 4.74 Å². The zero-order chi connectivity index (χ0) is 22.9. The molecule has 0 aliphatic rings. The molecule has 2 nitrogen and oxygen atoms in total. The minimum Gasteiger partial charge on any atom is -0.489 e. The Balaban J connectivity index is 1.94. The van der Waals surface area contributed by atoms with Crippen molar-refractivity contribution in [1.29, 1.82) is 0 Å². The topological polar surface area (TPSA) is 12.5 Å². The van der Waals surface area contributed by atoms with Gasteiger partial charge in [-0.3, -0.25) is 4.90 Å². The summed E-state index contributed by atoms with van der Waals surface area (Å²) in [6.07, 6.45) is 2.09. The van der Waals surface area contributed by atoms with E-state index in [1.54, 1.807) is 0 Å². The molecule has 1 unspecified atom stereocenters. The van der Waals surface area contributed by atoms with E-state index in [4.69, 9.17) is 4.74 Å². The van der Waals surface area contributed by atoms with Crippen LogP contribution in [0.3, 0.4) is 0 Å². The van der Waals surface area contributed by atoms with Crippen molar-refractivity contribution >= 4 is 0 Å². The summed E-state index contributed by atoms with van der Waals surface area (Å²) in [6, 6.07) is 29.2. The summed E-state index contributed by atoms with van der Waals surface area (Å²) in [4.78, 5) is 2.59. The average molecular weight is 430 g/mol. The quantitative estimate of drug-likeness (QED) is 0.313. The van der Waals surface area contributed by atoms with E-state index in [-0.39, 0.29) is 0 Å². The molecule has 3 rings (SSSR count). The molecule has 0 bridgehead atoms. The van der Waals surface area contributed by atoms with Gasteiger partial charge >= 0.3 is 0 Å². The number of rotatable bonds is 11. The molecule has 170 valence electrons. The lowest BCUT2D eigenvalue weighted by Gasteiger charge is -2.32. The Kier molecular flexibility index (Phi) is 8.93. The molecule has 3 aromatic carbocycles. The predicted octanol–water partition coefficient (Wildman–Crippen LogP) is 7.47. The van der Waals surface area contributed by atoms with Crippen molar-refractivity contribution in [2.24, 2.45) is 0 Å². The zero-order valence-corrected chi connectivity index (χ0v) is 20.4. The molecule has 0 aliphatic heterocycles. The molecule has 0 amide bonds. The van der Waals surface area contributed by atoms with Gasteiger partial charge in [-0.2, -0.15) is 0 Å². The Labute approximate surface area is 195 Å². The fourth-order valence-corrected chi connectivity index (χ4v) is 4.53. The number of hydrogen-bond acceptors (Lipinski definition) is 2. The maximum Gasteiger partial charge on any atom is 0.123 e. The molecule has 0 aromatic heterocycles. The highest BCUT2D eigenvalue weighted by Gasteiger charge is 2.22. The van der Waals surface area contributed by atoms with Crippen LogP contribution in [0.25, 0.3) is 0 Å². The number of nitrogens with zero attached hydrogens (tertiary/aromatic N) is 1. The van der Waals surface area contributed by atoms with Crippen LogP contribution in [0.2, 0.25) is 0 Å². The molecule has 0 saturated carbocycles. The monoisotopic (exact) mass is 429 g/mol. The van der Waals surface area contributed by atoms with E-state index < -0.39 is 0 Å². The molecule has 3 aromatic rings. The van der Waals surface area contributed by atoms with Crippen molar-refractivity contribution in [2.75, 3.05) is 6.54 Å². The minimum absolute atomic E-state index is 0.300. The lowest BCUT2D eigenvalue weighted by atomic mass is 9.86. The van der Waals surface area contributed by atoms with Crippen molar-refractivity contribution in [3.63, 3.8) is 0 Å². The van der Waals surface area contributed by atoms with E-state index in [2.05, 4.69) is 112 Å². The van der Waals surface area contributed by atoms with Crippen molar-refractivity contribution in [2.45, 2.75) is 72.1 Å². The van der Waals surface area contributed by atoms with Crippen LogP contribution in [-0.4, -0.2) is 23.5 Å². The summed E-state index contributed by atoms with van der Waals surface area (Å²) in [6.45, 7) is 13.1. The third kappa shape index (κ3) is 6.46. The van der Waals surface area contributed by atoms with Crippen molar-refractivity contribution in [1.82, 2.24) is 4.90 Å². The first-order valence-corrected chi connectivity index (χ1v) is 12.1. The van der Waals surface area contributed by atoms with E-state index in [9.17, 15) is 0 Å². The minimum atomic E-state index is 0.300. The molecule has 0 radical (unpaired) electrons. The molecule has 0 saturated heterocycles. The van der Waals surface area contributed by atoms with E-state index in [0.29, 0.717) is 24.6 Å². The highest BCUT2D eigenvalue weighted by molar-refractivity contribution is 5.45. The van der Waals surface area contributed by atoms with Crippen LogP contribution < -0.4 is 4.74 Å². The smallest absolute Gasteiger partial charge is 0.123 e. The molecular weight excluding hydrogens is 390 g/mol. The van der Waals surface area contributed by atoms with Gasteiger partial charge in [-0.25, -0.2) is 0 Å². The Morgan fingerprint density at radius 2 is 1.38 bits per heavy atom. The zero-order valence-electron chi connectivity index (χ0n) is 20.4. The van der Waals surface area contributed by atoms with Gasteiger partial charge in [-0.15, -0.1) is 0 Å². The molecule has 32 heavy (non-hydrogen) atoms. The summed E-state index contributed by atoms with van der Waals surface area (Å²) in [5, 5.41) is 0.